The summed E-state index contributed by atoms with van der Waals surface area (Å²) in [7, 11) is 0. The van der Waals surface area contributed by atoms with Crippen LogP contribution in [0.1, 0.15) is 43.5 Å². The SMILES string of the molecule is O[C@@H]1C[C@H](c2ccco2)[P@@](=S)(c2ccccc2)[C@@H]2CCCC[C@@H]12. The summed E-state index contributed by atoms with van der Waals surface area (Å²) in [5.74, 6) is 1.35. The molecule has 1 aromatic carbocycles. The van der Waals surface area contributed by atoms with Crippen molar-refractivity contribution in [2.75, 3.05) is 0 Å². The number of aliphatic hydroxyl groups is 1. The highest BCUT2D eigenvalue weighted by Gasteiger charge is 2.50. The summed E-state index contributed by atoms with van der Waals surface area (Å²) < 4.78 is 5.77. The molecule has 0 amide bonds. The highest BCUT2D eigenvalue weighted by atomic mass is 32.4. The van der Waals surface area contributed by atoms with E-state index in [9.17, 15) is 5.11 Å². The molecule has 1 aromatic heterocycles. The van der Waals surface area contributed by atoms with Crippen LogP contribution in [0.25, 0.3) is 0 Å². The van der Waals surface area contributed by atoms with Gasteiger partial charge in [0.15, 0.2) is 0 Å². The largest absolute Gasteiger partial charge is 0.469 e. The molecular formula is C19H23O2PS. The molecule has 5 atom stereocenters. The second kappa shape index (κ2) is 6.20. The lowest BCUT2D eigenvalue weighted by Crippen LogP contribution is -2.43. The van der Waals surface area contributed by atoms with Gasteiger partial charge in [0.25, 0.3) is 0 Å². The van der Waals surface area contributed by atoms with Crippen molar-refractivity contribution in [1.82, 2.24) is 0 Å². The predicted molar refractivity (Wildman–Crippen MR) is 98.2 cm³/mol. The van der Waals surface area contributed by atoms with Crippen LogP contribution in [-0.2, 0) is 11.8 Å². The summed E-state index contributed by atoms with van der Waals surface area (Å²) in [4.78, 5) is 0. The van der Waals surface area contributed by atoms with Crippen molar-refractivity contribution in [3.05, 3.63) is 54.5 Å². The van der Waals surface area contributed by atoms with Crippen molar-refractivity contribution in [2.24, 2.45) is 5.92 Å². The first kappa shape index (κ1) is 15.6. The summed E-state index contributed by atoms with van der Waals surface area (Å²) >= 11 is 6.48. The molecule has 122 valence electrons. The summed E-state index contributed by atoms with van der Waals surface area (Å²) in [5, 5.41) is 12.1. The first-order valence-electron chi connectivity index (χ1n) is 8.57. The Bertz CT molecular complexity index is 697. The second-order valence-electron chi connectivity index (χ2n) is 6.89. The minimum Gasteiger partial charge on any atom is -0.469 e. The molecule has 2 aromatic rings. The summed E-state index contributed by atoms with van der Waals surface area (Å²) in [6.45, 7) is 0. The first-order valence-corrected chi connectivity index (χ1v) is 11.5. The zero-order valence-electron chi connectivity index (χ0n) is 13.2. The van der Waals surface area contributed by atoms with Gasteiger partial charge in [-0.15, -0.1) is 0 Å². The van der Waals surface area contributed by atoms with Crippen LogP contribution < -0.4 is 5.30 Å². The van der Waals surface area contributed by atoms with E-state index in [0.717, 1.165) is 25.0 Å². The van der Waals surface area contributed by atoms with Crippen molar-refractivity contribution in [3.8, 4) is 0 Å². The van der Waals surface area contributed by atoms with Crippen molar-refractivity contribution in [1.29, 1.82) is 0 Å². The minimum absolute atomic E-state index is 0.171. The van der Waals surface area contributed by atoms with Crippen molar-refractivity contribution >= 4 is 23.1 Å². The molecule has 1 aliphatic heterocycles. The Hall–Kier alpha value is -0.890. The van der Waals surface area contributed by atoms with Crippen LogP contribution in [0, 0.1) is 5.92 Å². The van der Waals surface area contributed by atoms with E-state index in [4.69, 9.17) is 16.2 Å². The zero-order valence-corrected chi connectivity index (χ0v) is 14.9. The van der Waals surface area contributed by atoms with E-state index in [-0.39, 0.29) is 11.8 Å². The van der Waals surface area contributed by atoms with Gasteiger partial charge in [0.05, 0.1) is 18.0 Å². The quantitative estimate of drug-likeness (QED) is 0.816. The molecule has 1 saturated heterocycles. The number of benzene rings is 1. The number of furan rings is 1. The fourth-order valence-electron chi connectivity index (χ4n) is 4.67. The molecule has 4 rings (SSSR count). The molecule has 4 heteroatoms. The monoisotopic (exact) mass is 346 g/mol. The lowest BCUT2D eigenvalue weighted by Gasteiger charge is -2.50. The van der Waals surface area contributed by atoms with Gasteiger partial charge in [-0.2, -0.15) is 0 Å². The van der Waals surface area contributed by atoms with Gasteiger partial charge in [-0.3, -0.25) is 0 Å². The van der Waals surface area contributed by atoms with Crippen LogP contribution in [0.2, 0.25) is 0 Å². The molecular weight excluding hydrogens is 323 g/mol. The van der Waals surface area contributed by atoms with E-state index in [1.807, 2.05) is 12.1 Å². The molecule has 2 heterocycles. The molecule has 1 saturated carbocycles. The maximum absolute atomic E-state index is 10.8. The van der Waals surface area contributed by atoms with Crippen LogP contribution in [0.5, 0.6) is 0 Å². The highest BCUT2D eigenvalue weighted by Crippen LogP contribution is 2.71. The molecule has 2 nitrogen and oxygen atoms in total. The fraction of sp³-hybridized carbons (Fsp3) is 0.474. The Balaban J connectivity index is 1.86. The van der Waals surface area contributed by atoms with Crippen LogP contribution in [0.3, 0.4) is 0 Å². The van der Waals surface area contributed by atoms with E-state index >= 15 is 0 Å². The zero-order chi connectivity index (χ0) is 15.9. The average molecular weight is 346 g/mol. The normalized spacial score (nSPS) is 37.3. The number of fused-ring (bicyclic) bond motifs is 1. The number of hydrogen-bond donors (Lipinski definition) is 1. The van der Waals surface area contributed by atoms with E-state index < -0.39 is 6.04 Å². The Morgan fingerprint density at radius 2 is 1.83 bits per heavy atom. The average Bonchev–Trinajstić information content (AvgIpc) is 3.13. The molecule has 1 aliphatic carbocycles. The fourth-order valence-corrected chi connectivity index (χ4v) is 10.8. The van der Waals surface area contributed by atoms with Gasteiger partial charge in [-0.05, 0) is 54.3 Å². The van der Waals surface area contributed by atoms with Gasteiger partial charge in [0.2, 0.25) is 0 Å². The van der Waals surface area contributed by atoms with Gasteiger partial charge in [0.1, 0.15) is 5.76 Å². The third-order valence-electron chi connectivity index (χ3n) is 5.73. The van der Waals surface area contributed by atoms with Crippen LogP contribution in [-0.4, -0.2) is 16.9 Å². The molecule has 2 aliphatic rings. The van der Waals surface area contributed by atoms with Gasteiger partial charge >= 0.3 is 0 Å². The maximum Gasteiger partial charge on any atom is 0.112 e. The molecule has 23 heavy (non-hydrogen) atoms. The van der Waals surface area contributed by atoms with Gasteiger partial charge < -0.3 is 9.52 Å². The van der Waals surface area contributed by atoms with E-state index in [0.29, 0.717) is 11.6 Å². The Kier molecular flexibility index (Phi) is 4.21. The van der Waals surface area contributed by atoms with Crippen molar-refractivity contribution < 1.29 is 9.52 Å². The minimum atomic E-state index is -1.85. The molecule has 2 fully saturated rings. The summed E-state index contributed by atoms with van der Waals surface area (Å²) in [6, 6.07) is 12.8. The third-order valence-corrected chi connectivity index (χ3v) is 12.1. The predicted octanol–water partition coefficient (Wildman–Crippen LogP) is 4.45. The second-order valence-corrected chi connectivity index (χ2v) is 11.9. The lowest BCUT2D eigenvalue weighted by atomic mass is 9.82. The molecule has 0 radical (unpaired) electrons. The Morgan fingerprint density at radius 1 is 1.04 bits per heavy atom. The molecule has 0 unspecified atom stereocenters. The van der Waals surface area contributed by atoms with Gasteiger partial charge in [-0.25, -0.2) is 0 Å². The van der Waals surface area contributed by atoms with E-state index in [1.54, 1.807) is 6.26 Å². The third kappa shape index (κ3) is 2.54. The van der Waals surface area contributed by atoms with Gasteiger partial charge in [-0.1, -0.05) is 55.0 Å². The van der Waals surface area contributed by atoms with Crippen molar-refractivity contribution in [3.63, 3.8) is 0 Å². The molecule has 0 spiro atoms. The number of aliphatic hydroxyl groups excluding tert-OH is 1. The van der Waals surface area contributed by atoms with Crippen LogP contribution in [0.4, 0.5) is 0 Å². The smallest absolute Gasteiger partial charge is 0.112 e. The topological polar surface area (TPSA) is 33.4 Å². The lowest BCUT2D eigenvalue weighted by molar-refractivity contribution is 0.0697. The van der Waals surface area contributed by atoms with E-state index in [2.05, 4.69) is 30.3 Å². The van der Waals surface area contributed by atoms with Crippen LogP contribution >= 0.6 is 6.04 Å². The number of hydrogen-bond acceptors (Lipinski definition) is 3. The Labute approximate surface area is 142 Å². The molecule has 1 N–H and O–H groups in total. The van der Waals surface area contributed by atoms with E-state index in [1.165, 1.54) is 18.1 Å². The number of rotatable bonds is 2. The van der Waals surface area contributed by atoms with Gasteiger partial charge in [0, 0.05) is 0 Å². The summed E-state index contributed by atoms with van der Waals surface area (Å²) in [6.07, 6.45) is 7.00. The van der Waals surface area contributed by atoms with Crippen molar-refractivity contribution in [2.45, 2.75) is 49.5 Å². The molecule has 0 bridgehead atoms. The first-order chi connectivity index (χ1) is 11.2. The highest BCUT2D eigenvalue weighted by molar-refractivity contribution is 8.18. The van der Waals surface area contributed by atoms with Crippen LogP contribution in [0.15, 0.2) is 53.1 Å². The standard InChI is InChI=1S/C19H23O2PS/c20-16-13-19(17-10-6-12-21-17)22(23,14-7-2-1-3-8-14)18-11-5-4-9-15(16)18/h1-3,6-8,10,12,15-16,18-20H,4-5,9,11,13H2/t15-,16+,18+,19+,22+/m0/s1. The Morgan fingerprint density at radius 3 is 2.57 bits per heavy atom. The summed E-state index contributed by atoms with van der Waals surface area (Å²) in [5.41, 5.74) is 0.622. The maximum atomic E-state index is 10.8.